The highest BCUT2D eigenvalue weighted by molar-refractivity contribution is 5.48. The minimum atomic E-state index is 1.16. The molecule has 3 heteroatoms. The first-order chi connectivity index (χ1) is 10.4. The summed E-state index contributed by atoms with van der Waals surface area (Å²) in [5.74, 6) is 0. The van der Waals surface area contributed by atoms with Gasteiger partial charge < -0.3 is 15.1 Å². The number of rotatable bonds is 6. The van der Waals surface area contributed by atoms with Crippen LogP contribution >= 0.6 is 0 Å². The molecule has 0 radical (unpaired) electrons. The van der Waals surface area contributed by atoms with Gasteiger partial charge in [-0.2, -0.15) is 0 Å². The molecule has 0 saturated carbocycles. The first-order valence-corrected chi connectivity index (χ1v) is 8.69. The Balaban J connectivity index is 1.36. The molecular weight excluding hydrogens is 258 g/mol. The average Bonchev–Trinajstić information content (AvgIpc) is 3.08. The van der Waals surface area contributed by atoms with Crippen molar-refractivity contribution in [2.45, 2.75) is 32.1 Å². The maximum absolute atomic E-state index is 3.41. The number of nitrogens with one attached hydrogen (secondary N) is 1. The largest absolute Gasteiger partial charge is 0.372 e. The molecule has 2 aliphatic rings. The van der Waals surface area contributed by atoms with E-state index in [1.165, 1.54) is 76.1 Å². The van der Waals surface area contributed by atoms with Crippen molar-refractivity contribution < 1.29 is 0 Å². The van der Waals surface area contributed by atoms with Crippen LogP contribution in [0.4, 0.5) is 5.69 Å². The van der Waals surface area contributed by atoms with Gasteiger partial charge in [0.05, 0.1) is 0 Å². The van der Waals surface area contributed by atoms with E-state index in [4.69, 9.17) is 0 Å². The molecule has 3 rings (SSSR count). The zero-order valence-corrected chi connectivity index (χ0v) is 13.2. The van der Waals surface area contributed by atoms with Crippen LogP contribution in [0.3, 0.4) is 0 Å². The van der Waals surface area contributed by atoms with Crippen LogP contribution in [0.2, 0.25) is 0 Å². The van der Waals surface area contributed by atoms with Gasteiger partial charge in [-0.25, -0.2) is 0 Å². The average molecular weight is 287 g/mol. The van der Waals surface area contributed by atoms with Crippen LogP contribution in [-0.4, -0.2) is 50.7 Å². The molecule has 0 aromatic heterocycles. The second-order valence-electron chi connectivity index (χ2n) is 6.41. The van der Waals surface area contributed by atoms with E-state index >= 15 is 0 Å². The SMILES string of the molecule is c1cc(N2CCCC2)ccc1CCCCN1CCNCC1. The van der Waals surface area contributed by atoms with Gasteiger partial charge in [-0.3, -0.25) is 0 Å². The molecule has 21 heavy (non-hydrogen) atoms. The second-order valence-corrected chi connectivity index (χ2v) is 6.41. The van der Waals surface area contributed by atoms with Crippen molar-refractivity contribution in [3.05, 3.63) is 29.8 Å². The zero-order valence-electron chi connectivity index (χ0n) is 13.2. The third kappa shape index (κ3) is 4.45. The quantitative estimate of drug-likeness (QED) is 0.811. The van der Waals surface area contributed by atoms with Gasteiger partial charge in [-0.1, -0.05) is 12.1 Å². The lowest BCUT2D eigenvalue weighted by molar-refractivity contribution is 0.237. The Morgan fingerprint density at radius 3 is 2.29 bits per heavy atom. The number of hydrogen-bond acceptors (Lipinski definition) is 3. The summed E-state index contributed by atoms with van der Waals surface area (Å²) in [5, 5.41) is 3.41. The van der Waals surface area contributed by atoms with Gasteiger partial charge in [0.1, 0.15) is 0 Å². The highest BCUT2D eigenvalue weighted by Gasteiger charge is 2.12. The Morgan fingerprint density at radius 1 is 0.857 bits per heavy atom. The summed E-state index contributed by atoms with van der Waals surface area (Å²) in [7, 11) is 0. The molecule has 2 heterocycles. The molecule has 2 aliphatic heterocycles. The molecule has 0 spiro atoms. The number of aryl methyl sites for hydroxylation is 1. The molecular formula is C18H29N3. The van der Waals surface area contributed by atoms with Crippen LogP contribution in [0, 0.1) is 0 Å². The van der Waals surface area contributed by atoms with Crippen molar-refractivity contribution in [1.29, 1.82) is 0 Å². The van der Waals surface area contributed by atoms with Gasteiger partial charge in [0.2, 0.25) is 0 Å². The van der Waals surface area contributed by atoms with E-state index in [0.29, 0.717) is 0 Å². The van der Waals surface area contributed by atoms with Crippen molar-refractivity contribution in [1.82, 2.24) is 10.2 Å². The molecule has 2 saturated heterocycles. The fourth-order valence-electron chi connectivity index (χ4n) is 3.45. The lowest BCUT2D eigenvalue weighted by atomic mass is 10.1. The summed E-state index contributed by atoms with van der Waals surface area (Å²) in [6.07, 6.45) is 6.58. The fourth-order valence-corrected chi connectivity index (χ4v) is 3.45. The highest BCUT2D eigenvalue weighted by atomic mass is 15.2. The van der Waals surface area contributed by atoms with Crippen LogP contribution < -0.4 is 10.2 Å². The van der Waals surface area contributed by atoms with E-state index in [9.17, 15) is 0 Å². The van der Waals surface area contributed by atoms with Crippen LogP contribution in [0.25, 0.3) is 0 Å². The first kappa shape index (κ1) is 14.9. The van der Waals surface area contributed by atoms with Gasteiger partial charge in [-0.15, -0.1) is 0 Å². The Kier molecular flexibility index (Phi) is 5.53. The molecule has 0 aliphatic carbocycles. The zero-order chi connectivity index (χ0) is 14.3. The van der Waals surface area contributed by atoms with Crippen LogP contribution in [0.1, 0.15) is 31.2 Å². The van der Waals surface area contributed by atoms with E-state index in [-0.39, 0.29) is 0 Å². The third-order valence-electron chi connectivity index (χ3n) is 4.81. The number of piperazine rings is 1. The molecule has 0 unspecified atom stereocenters. The van der Waals surface area contributed by atoms with E-state index < -0.39 is 0 Å². The second kappa shape index (κ2) is 7.81. The number of anilines is 1. The van der Waals surface area contributed by atoms with Crippen LogP contribution in [0.15, 0.2) is 24.3 Å². The van der Waals surface area contributed by atoms with E-state index in [1.54, 1.807) is 0 Å². The number of benzene rings is 1. The van der Waals surface area contributed by atoms with Gasteiger partial charge >= 0.3 is 0 Å². The lowest BCUT2D eigenvalue weighted by Crippen LogP contribution is -2.43. The smallest absolute Gasteiger partial charge is 0.0366 e. The van der Waals surface area contributed by atoms with E-state index in [1.807, 2.05) is 0 Å². The summed E-state index contributed by atoms with van der Waals surface area (Å²) in [5.41, 5.74) is 2.91. The molecule has 0 atom stereocenters. The molecule has 0 bridgehead atoms. The summed E-state index contributed by atoms with van der Waals surface area (Å²) in [4.78, 5) is 5.10. The maximum Gasteiger partial charge on any atom is 0.0366 e. The van der Waals surface area contributed by atoms with E-state index in [2.05, 4.69) is 39.4 Å². The summed E-state index contributed by atoms with van der Waals surface area (Å²) in [6, 6.07) is 9.30. The minimum Gasteiger partial charge on any atom is -0.372 e. The van der Waals surface area contributed by atoms with E-state index in [0.717, 1.165) is 13.1 Å². The van der Waals surface area contributed by atoms with Crippen LogP contribution in [0.5, 0.6) is 0 Å². The Morgan fingerprint density at radius 2 is 1.57 bits per heavy atom. The highest BCUT2D eigenvalue weighted by Crippen LogP contribution is 2.21. The molecule has 2 fully saturated rings. The molecule has 116 valence electrons. The third-order valence-corrected chi connectivity index (χ3v) is 4.81. The van der Waals surface area contributed by atoms with Gasteiger partial charge in [0, 0.05) is 45.0 Å². The van der Waals surface area contributed by atoms with Crippen molar-refractivity contribution in [2.75, 3.05) is 50.7 Å². The number of nitrogens with zero attached hydrogens (tertiary/aromatic N) is 2. The monoisotopic (exact) mass is 287 g/mol. The molecule has 1 aromatic rings. The predicted octanol–water partition coefficient (Wildman–Crippen LogP) is 2.51. The maximum atomic E-state index is 3.41. The molecule has 1 N–H and O–H groups in total. The van der Waals surface area contributed by atoms with Crippen molar-refractivity contribution in [3.63, 3.8) is 0 Å². The lowest BCUT2D eigenvalue weighted by Gasteiger charge is -2.27. The van der Waals surface area contributed by atoms with Gasteiger partial charge in [0.25, 0.3) is 0 Å². The standard InChI is InChI=1S/C18H29N3/c1(2-12-20-15-10-19-11-16-20)5-17-6-8-18(9-7-17)21-13-3-4-14-21/h6-9,19H,1-5,10-16H2. The number of unbranched alkanes of at least 4 members (excludes halogenated alkanes) is 1. The molecule has 3 nitrogen and oxygen atoms in total. The normalized spacial score (nSPS) is 20.1. The summed E-state index contributed by atoms with van der Waals surface area (Å²) < 4.78 is 0. The molecule has 1 aromatic carbocycles. The topological polar surface area (TPSA) is 18.5 Å². The Bertz CT molecular complexity index is 403. The van der Waals surface area contributed by atoms with Crippen molar-refractivity contribution >= 4 is 5.69 Å². The fraction of sp³-hybridized carbons (Fsp3) is 0.667. The molecule has 0 amide bonds. The summed E-state index contributed by atoms with van der Waals surface area (Å²) >= 11 is 0. The number of hydrogen-bond donors (Lipinski definition) is 1. The Labute approximate surface area is 129 Å². The summed E-state index contributed by atoms with van der Waals surface area (Å²) in [6.45, 7) is 8.53. The predicted molar refractivity (Wildman–Crippen MR) is 90.1 cm³/mol. The first-order valence-electron chi connectivity index (χ1n) is 8.69. The van der Waals surface area contributed by atoms with Gasteiger partial charge in [0.15, 0.2) is 0 Å². The minimum absolute atomic E-state index is 1.16. The van der Waals surface area contributed by atoms with Gasteiger partial charge in [-0.05, 0) is 56.3 Å². The van der Waals surface area contributed by atoms with Crippen molar-refractivity contribution in [2.24, 2.45) is 0 Å². The Hall–Kier alpha value is -1.06. The van der Waals surface area contributed by atoms with Crippen molar-refractivity contribution in [3.8, 4) is 0 Å². The van der Waals surface area contributed by atoms with Crippen LogP contribution in [-0.2, 0) is 6.42 Å².